The number of hydrogen-bond acceptors (Lipinski definition) is 2. The normalized spacial score (nSPS) is 18.6. The maximum atomic E-state index is 11.9. The van der Waals surface area contributed by atoms with Gasteiger partial charge in [0.25, 0.3) is 0 Å². The molecule has 1 amide bonds. The van der Waals surface area contributed by atoms with Gasteiger partial charge in [-0.05, 0) is 46.8 Å². The van der Waals surface area contributed by atoms with E-state index >= 15 is 0 Å². The van der Waals surface area contributed by atoms with Crippen LogP contribution in [0.15, 0.2) is 33.4 Å². The van der Waals surface area contributed by atoms with Crippen LogP contribution in [-0.4, -0.2) is 17.9 Å². The Morgan fingerprint density at radius 2 is 2.41 bits per heavy atom. The molecule has 1 heterocycles. The zero-order chi connectivity index (χ0) is 12.3. The number of nitrogens with zero attached hydrogens (tertiary/aromatic N) is 1. The maximum Gasteiger partial charge on any atom is 0.223 e. The topological polar surface area (TPSA) is 33.5 Å². The number of halogens is 1. The van der Waals surface area contributed by atoms with Gasteiger partial charge in [0.2, 0.25) is 5.91 Å². The largest absolute Gasteiger partial charge is 0.452 e. The van der Waals surface area contributed by atoms with Crippen molar-refractivity contribution in [1.82, 2.24) is 4.90 Å². The van der Waals surface area contributed by atoms with Crippen LogP contribution in [0.2, 0.25) is 0 Å². The maximum absolute atomic E-state index is 11.9. The summed E-state index contributed by atoms with van der Waals surface area (Å²) in [5, 5.41) is 0. The molecule has 0 unspecified atom stereocenters. The summed E-state index contributed by atoms with van der Waals surface area (Å²) in [6, 6.07) is 3.72. The van der Waals surface area contributed by atoms with E-state index in [-0.39, 0.29) is 5.91 Å². The number of carbonyl (C=O) groups is 1. The summed E-state index contributed by atoms with van der Waals surface area (Å²) >= 11 is 3.25. The number of amides is 1. The van der Waals surface area contributed by atoms with Crippen LogP contribution in [0.5, 0.6) is 0 Å². The quantitative estimate of drug-likeness (QED) is 0.799. The molecule has 0 saturated heterocycles. The molecule has 0 N–H and O–H groups in total. The van der Waals surface area contributed by atoms with Crippen LogP contribution >= 0.6 is 15.9 Å². The summed E-state index contributed by atoms with van der Waals surface area (Å²) in [6.07, 6.45) is 7.12. The van der Waals surface area contributed by atoms with Gasteiger partial charge < -0.3 is 9.32 Å². The van der Waals surface area contributed by atoms with E-state index < -0.39 is 0 Å². The lowest BCUT2D eigenvalue weighted by Gasteiger charge is -2.17. The lowest BCUT2D eigenvalue weighted by Crippen LogP contribution is -2.27. The van der Waals surface area contributed by atoms with Crippen LogP contribution < -0.4 is 0 Å². The van der Waals surface area contributed by atoms with Crippen molar-refractivity contribution in [3.63, 3.8) is 0 Å². The van der Waals surface area contributed by atoms with Gasteiger partial charge in [0.05, 0.1) is 6.54 Å². The molecule has 2 rings (SSSR count). The monoisotopic (exact) mass is 297 g/mol. The minimum atomic E-state index is 0.175. The average Bonchev–Trinajstić information content (AvgIpc) is 2.90. The van der Waals surface area contributed by atoms with Gasteiger partial charge in [0.15, 0.2) is 4.67 Å². The second-order valence-corrected chi connectivity index (χ2v) is 5.21. The molecule has 0 aromatic carbocycles. The summed E-state index contributed by atoms with van der Waals surface area (Å²) in [5.41, 5.74) is 0. The smallest absolute Gasteiger partial charge is 0.223 e. The fourth-order valence-electron chi connectivity index (χ4n) is 2.00. The summed E-state index contributed by atoms with van der Waals surface area (Å²) in [7, 11) is 1.82. The van der Waals surface area contributed by atoms with Crippen LogP contribution in [0.3, 0.4) is 0 Å². The number of furan rings is 1. The van der Waals surface area contributed by atoms with Crippen LogP contribution in [-0.2, 0) is 11.3 Å². The first-order valence-corrected chi connectivity index (χ1v) is 6.59. The number of allylic oxidation sites excluding steroid dienone is 2. The highest BCUT2D eigenvalue weighted by molar-refractivity contribution is 9.10. The third-order valence-electron chi connectivity index (χ3n) is 3.00. The lowest BCUT2D eigenvalue weighted by molar-refractivity contribution is -0.131. The Balaban J connectivity index is 1.84. The van der Waals surface area contributed by atoms with Crippen LogP contribution in [0, 0.1) is 5.92 Å². The van der Waals surface area contributed by atoms with Gasteiger partial charge in [0.1, 0.15) is 5.76 Å². The SMILES string of the molecule is CN(Cc1ccc(Br)o1)C(=O)C[C@H]1C=CCC1. The fourth-order valence-corrected chi connectivity index (χ4v) is 2.34. The molecule has 0 spiro atoms. The van der Waals surface area contributed by atoms with Crippen LogP contribution in [0.1, 0.15) is 25.0 Å². The first-order chi connectivity index (χ1) is 8.15. The first kappa shape index (κ1) is 12.4. The predicted octanol–water partition coefficient (Wildman–Crippen LogP) is 3.36. The van der Waals surface area contributed by atoms with Crippen molar-refractivity contribution in [1.29, 1.82) is 0 Å². The van der Waals surface area contributed by atoms with Gasteiger partial charge in [-0.15, -0.1) is 0 Å². The average molecular weight is 298 g/mol. The molecule has 3 nitrogen and oxygen atoms in total. The molecule has 92 valence electrons. The Kier molecular flexibility index (Phi) is 4.05. The summed E-state index contributed by atoms with van der Waals surface area (Å²) in [5.74, 6) is 1.40. The van der Waals surface area contributed by atoms with Crippen LogP contribution in [0.4, 0.5) is 0 Å². The van der Waals surface area contributed by atoms with Crippen molar-refractivity contribution in [2.75, 3.05) is 7.05 Å². The van der Waals surface area contributed by atoms with Crippen molar-refractivity contribution in [2.45, 2.75) is 25.8 Å². The molecule has 1 aliphatic rings. The molecule has 1 aromatic rings. The van der Waals surface area contributed by atoms with Gasteiger partial charge in [-0.2, -0.15) is 0 Å². The summed E-state index contributed by atoms with van der Waals surface area (Å²) in [4.78, 5) is 13.7. The van der Waals surface area contributed by atoms with Gasteiger partial charge in [-0.25, -0.2) is 0 Å². The van der Waals surface area contributed by atoms with Gasteiger partial charge in [0, 0.05) is 13.5 Å². The third-order valence-corrected chi connectivity index (χ3v) is 3.42. The molecule has 0 aliphatic heterocycles. The molecule has 1 aromatic heterocycles. The van der Waals surface area contributed by atoms with E-state index in [0.29, 0.717) is 23.6 Å². The lowest BCUT2D eigenvalue weighted by atomic mass is 10.0. The number of hydrogen-bond donors (Lipinski definition) is 0. The van der Waals surface area contributed by atoms with E-state index in [2.05, 4.69) is 28.1 Å². The molecular formula is C13H16BrNO2. The minimum absolute atomic E-state index is 0.175. The van der Waals surface area contributed by atoms with Gasteiger partial charge in [-0.1, -0.05) is 12.2 Å². The molecule has 0 saturated carbocycles. The highest BCUT2D eigenvalue weighted by Crippen LogP contribution is 2.22. The predicted molar refractivity (Wildman–Crippen MR) is 69.4 cm³/mol. The molecule has 1 aliphatic carbocycles. The molecule has 17 heavy (non-hydrogen) atoms. The van der Waals surface area contributed by atoms with E-state index in [4.69, 9.17) is 4.42 Å². The fraction of sp³-hybridized carbons (Fsp3) is 0.462. The Morgan fingerprint density at radius 1 is 1.59 bits per heavy atom. The van der Waals surface area contributed by atoms with Crippen molar-refractivity contribution in [3.05, 3.63) is 34.7 Å². The molecule has 0 fully saturated rings. The molecule has 0 bridgehead atoms. The van der Waals surface area contributed by atoms with E-state index in [9.17, 15) is 4.79 Å². The molecule has 4 heteroatoms. The third kappa shape index (κ3) is 3.46. The minimum Gasteiger partial charge on any atom is -0.452 e. The Labute approximate surface area is 110 Å². The Bertz CT molecular complexity index is 425. The van der Waals surface area contributed by atoms with E-state index in [1.807, 2.05) is 19.2 Å². The van der Waals surface area contributed by atoms with E-state index in [0.717, 1.165) is 18.6 Å². The van der Waals surface area contributed by atoms with Crippen molar-refractivity contribution < 1.29 is 9.21 Å². The molecule has 0 radical (unpaired) electrons. The Hall–Kier alpha value is -1.03. The molecule has 1 atom stereocenters. The Morgan fingerprint density at radius 3 is 3.00 bits per heavy atom. The zero-order valence-electron chi connectivity index (χ0n) is 9.86. The van der Waals surface area contributed by atoms with E-state index in [1.54, 1.807) is 4.90 Å². The summed E-state index contributed by atoms with van der Waals surface area (Å²) in [6.45, 7) is 0.529. The zero-order valence-corrected chi connectivity index (χ0v) is 11.4. The van der Waals surface area contributed by atoms with Gasteiger partial charge >= 0.3 is 0 Å². The summed E-state index contributed by atoms with van der Waals surface area (Å²) < 4.78 is 6.08. The first-order valence-electron chi connectivity index (χ1n) is 5.80. The number of carbonyl (C=O) groups excluding carboxylic acids is 1. The molecular weight excluding hydrogens is 282 g/mol. The van der Waals surface area contributed by atoms with Crippen molar-refractivity contribution >= 4 is 21.8 Å². The number of rotatable bonds is 4. The van der Waals surface area contributed by atoms with Crippen LogP contribution in [0.25, 0.3) is 0 Å². The van der Waals surface area contributed by atoms with Crippen molar-refractivity contribution in [2.24, 2.45) is 5.92 Å². The second-order valence-electron chi connectivity index (χ2n) is 4.43. The second kappa shape index (κ2) is 5.54. The highest BCUT2D eigenvalue weighted by atomic mass is 79.9. The van der Waals surface area contributed by atoms with Gasteiger partial charge in [-0.3, -0.25) is 4.79 Å². The highest BCUT2D eigenvalue weighted by Gasteiger charge is 2.17. The van der Waals surface area contributed by atoms with E-state index in [1.165, 1.54) is 0 Å². The van der Waals surface area contributed by atoms with Crippen molar-refractivity contribution in [3.8, 4) is 0 Å². The standard InChI is InChI=1S/C13H16BrNO2/c1-15(9-11-6-7-12(14)17-11)13(16)8-10-4-2-3-5-10/h2,4,6-7,10H,3,5,8-9H2,1H3/t10-/m0/s1.